The van der Waals surface area contributed by atoms with Gasteiger partial charge in [0.2, 0.25) is 0 Å². The van der Waals surface area contributed by atoms with Gasteiger partial charge in [0.05, 0.1) is 5.60 Å². The molecule has 2 heterocycles. The van der Waals surface area contributed by atoms with Crippen molar-refractivity contribution in [1.29, 1.82) is 0 Å². The minimum Gasteiger partial charge on any atom is -0.381 e. The number of hydrogen-bond acceptors (Lipinski definition) is 3. The fourth-order valence-corrected chi connectivity index (χ4v) is 3.32. The maximum absolute atomic E-state index is 6.10. The Kier molecular flexibility index (Phi) is 5.27. The molecule has 0 amide bonds. The summed E-state index contributed by atoms with van der Waals surface area (Å²) < 4.78 is 11.6. The van der Waals surface area contributed by atoms with E-state index in [0.29, 0.717) is 0 Å². The summed E-state index contributed by atoms with van der Waals surface area (Å²) in [5.74, 6) is 0.855. The van der Waals surface area contributed by atoms with Crippen LogP contribution < -0.4 is 5.32 Å². The van der Waals surface area contributed by atoms with Crippen molar-refractivity contribution in [2.75, 3.05) is 26.4 Å². The van der Waals surface area contributed by atoms with Gasteiger partial charge in [0.25, 0.3) is 0 Å². The first-order valence-corrected chi connectivity index (χ1v) is 7.96. The molecule has 0 aromatic carbocycles. The third-order valence-electron chi connectivity index (χ3n) is 4.44. The second kappa shape index (κ2) is 6.55. The molecule has 0 aromatic rings. The predicted molar refractivity (Wildman–Crippen MR) is 78.4 cm³/mol. The summed E-state index contributed by atoms with van der Waals surface area (Å²) in [6.45, 7) is 10.6. The molecule has 0 aromatic heterocycles. The number of ether oxygens (including phenoxy) is 2. The molecule has 2 aliphatic rings. The molecule has 3 heteroatoms. The Hall–Kier alpha value is -0.120. The molecule has 2 rings (SSSR count). The zero-order chi connectivity index (χ0) is 13.8. The Morgan fingerprint density at radius 3 is 2.58 bits per heavy atom. The van der Waals surface area contributed by atoms with Gasteiger partial charge in [0.1, 0.15) is 0 Å². The van der Waals surface area contributed by atoms with Crippen LogP contribution in [0.2, 0.25) is 0 Å². The van der Waals surface area contributed by atoms with E-state index in [1.165, 1.54) is 25.7 Å². The van der Waals surface area contributed by atoms with E-state index in [1.54, 1.807) is 0 Å². The molecule has 112 valence electrons. The van der Waals surface area contributed by atoms with Gasteiger partial charge in [-0.05, 0) is 71.8 Å². The van der Waals surface area contributed by atoms with Gasteiger partial charge in [-0.25, -0.2) is 0 Å². The monoisotopic (exact) mass is 269 g/mol. The summed E-state index contributed by atoms with van der Waals surface area (Å²) in [6.07, 6.45) is 7.33. The summed E-state index contributed by atoms with van der Waals surface area (Å²) in [6, 6.07) is 0. The molecule has 0 radical (unpaired) electrons. The minimum absolute atomic E-state index is 0.165. The van der Waals surface area contributed by atoms with Gasteiger partial charge in [0.15, 0.2) is 0 Å². The van der Waals surface area contributed by atoms with E-state index in [4.69, 9.17) is 9.47 Å². The zero-order valence-corrected chi connectivity index (χ0v) is 13.0. The minimum atomic E-state index is 0.165. The lowest BCUT2D eigenvalue weighted by Gasteiger charge is -2.43. The average molecular weight is 269 g/mol. The fourth-order valence-electron chi connectivity index (χ4n) is 3.32. The molecular formula is C16H31NO2. The Morgan fingerprint density at radius 2 is 1.89 bits per heavy atom. The van der Waals surface area contributed by atoms with E-state index in [9.17, 15) is 0 Å². The summed E-state index contributed by atoms with van der Waals surface area (Å²) in [7, 11) is 0. The Bertz CT molecular complexity index is 261. The summed E-state index contributed by atoms with van der Waals surface area (Å²) >= 11 is 0. The quantitative estimate of drug-likeness (QED) is 0.795. The van der Waals surface area contributed by atoms with Crippen molar-refractivity contribution in [2.24, 2.45) is 5.92 Å². The first-order valence-electron chi connectivity index (χ1n) is 7.96. The highest BCUT2D eigenvalue weighted by atomic mass is 16.5. The summed E-state index contributed by atoms with van der Waals surface area (Å²) in [5, 5.41) is 3.58. The van der Waals surface area contributed by atoms with Crippen LogP contribution in [-0.4, -0.2) is 37.5 Å². The van der Waals surface area contributed by atoms with E-state index in [1.807, 2.05) is 0 Å². The molecule has 3 nitrogen and oxygen atoms in total. The second-order valence-electron chi connectivity index (χ2n) is 7.32. The van der Waals surface area contributed by atoms with Crippen molar-refractivity contribution < 1.29 is 9.47 Å². The summed E-state index contributed by atoms with van der Waals surface area (Å²) in [5.41, 5.74) is 0.413. The largest absolute Gasteiger partial charge is 0.381 e. The number of rotatable bonds is 4. The SMILES string of the molecule is CC(C)(C)NCCCC1CCOC2(CCOCC2)C1. The third kappa shape index (κ3) is 5.05. The van der Waals surface area contributed by atoms with Crippen molar-refractivity contribution in [3.05, 3.63) is 0 Å². The van der Waals surface area contributed by atoms with E-state index < -0.39 is 0 Å². The second-order valence-corrected chi connectivity index (χ2v) is 7.32. The van der Waals surface area contributed by atoms with Crippen molar-refractivity contribution >= 4 is 0 Å². The van der Waals surface area contributed by atoms with Crippen molar-refractivity contribution in [3.8, 4) is 0 Å². The van der Waals surface area contributed by atoms with E-state index in [0.717, 1.165) is 45.1 Å². The van der Waals surface area contributed by atoms with Gasteiger partial charge in [0, 0.05) is 25.4 Å². The maximum Gasteiger partial charge on any atom is 0.0729 e. The molecule has 2 fully saturated rings. The van der Waals surface area contributed by atoms with Crippen LogP contribution >= 0.6 is 0 Å². The molecule has 1 spiro atoms. The summed E-state index contributed by atoms with van der Waals surface area (Å²) in [4.78, 5) is 0. The fraction of sp³-hybridized carbons (Fsp3) is 1.00. The lowest BCUT2D eigenvalue weighted by Crippen LogP contribution is -2.44. The topological polar surface area (TPSA) is 30.5 Å². The molecule has 2 aliphatic heterocycles. The molecule has 2 saturated heterocycles. The third-order valence-corrected chi connectivity index (χ3v) is 4.44. The molecule has 0 aliphatic carbocycles. The molecule has 0 bridgehead atoms. The van der Waals surface area contributed by atoms with Gasteiger partial charge in [-0.15, -0.1) is 0 Å². The molecule has 1 N–H and O–H groups in total. The van der Waals surface area contributed by atoms with Crippen LogP contribution in [0.25, 0.3) is 0 Å². The lowest BCUT2D eigenvalue weighted by molar-refractivity contribution is -0.147. The average Bonchev–Trinajstić information content (AvgIpc) is 2.35. The van der Waals surface area contributed by atoms with E-state index in [2.05, 4.69) is 26.1 Å². The van der Waals surface area contributed by atoms with Crippen molar-refractivity contribution in [1.82, 2.24) is 5.32 Å². The highest BCUT2D eigenvalue weighted by Gasteiger charge is 2.38. The highest BCUT2D eigenvalue weighted by Crippen LogP contribution is 2.38. The molecule has 1 atom stereocenters. The van der Waals surface area contributed by atoms with Crippen LogP contribution in [0.15, 0.2) is 0 Å². The Morgan fingerprint density at radius 1 is 1.16 bits per heavy atom. The van der Waals surface area contributed by atoms with Crippen LogP contribution in [0.5, 0.6) is 0 Å². The van der Waals surface area contributed by atoms with Crippen LogP contribution in [-0.2, 0) is 9.47 Å². The van der Waals surface area contributed by atoms with Gasteiger partial charge < -0.3 is 14.8 Å². The first kappa shape index (κ1) is 15.3. The molecule has 0 saturated carbocycles. The molecule has 19 heavy (non-hydrogen) atoms. The predicted octanol–water partition coefficient (Wildman–Crippen LogP) is 3.13. The van der Waals surface area contributed by atoms with Gasteiger partial charge >= 0.3 is 0 Å². The van der Waals surface area contributed by atoms with Crippen LogP contribution in [0.1, 0.15) is 59.3 Å². The lowest BCUT2D eigenvalue weighted by atomic mass is 9.79. The molecule has 1 unspecified atom stereocenters. The number of hydrogen-bond donors (Lipinski definition) is 1. The van der Waals surface area contributed by atoms with Crippen molar-refractivity contribution in [2.45, 2.75) is 70.4 Å². The van der Waals surface area contributed by atoms with Crippen LogP contribution in [0.3, 0.4) is 0 Å². The van der Waals surface area contributed by atoms with Gasteiger partial charge in [-0.3, -0.25) is 0 Å². The van der Waals surface area contributed by atoms with Crippen LogP contribution in [0.4, 0.5) is 0 Å². The number of nitrogens with one attached hydrogen (secondary N) is 1. The van der Waals surface area contributed by atoms with Gasteiger partial charge in [-0.1, -0.05) is 0 Å². The Labute approximate surface area is 118 Å². The van der Waals surface area contributed by atoms with E-state index >= 15 is 0 Å². The normalized spacial score (nSPS) is 27.6. The van der Waals surface area contributed by atoms with Crippen LogP contribution in [0, 0.1) is 5.92 Å². The van der Waals surface area contributed by atoms with E-state index in [-0.39, 0.29) is 11.1 Å². The van der Waals surface area contributed by atoms with Crippen molar-refractivity contribution in [3.63, 3.8) is 0 Å². The van der Waals surface area contributed by atoms with Gasteiger partial charge in [-0.2, -0.15) is 0 Å². The first-order chi connectivity index (χ1) is 8.99. The molecular weight excluding hydrogens is 238 g/mol. The highest BCUT2D eigenvalue weighted by molar-refractivity contribution is 4.89. The Balaban J connectivity index is 1.69. The zero-order valence-electron chi connectivity index (χ0n) is 13.0. The standard InChI is InChI=1S/C16H31NO2/c1-15(2,3)17-9-4-5-14-6-10-19-16(13-14)7-11-18-12-8-16/h14,17H,4-13H2,1-3H3. The smallest absolute Gasteiger partial charge is 0.0729 e. The maximum atomic E-state index is 6.10.